The molecule has 1 atom stereocenters. The summed E-state index contributed by atoms with van der Waals surface area (Å²) in [6.45, 7) is 8.39. The predicted molar refractivity (Wildman–Crippen MR) is 85.7 cm³/mol. The average molecular weight is 293 g/mol. The molecule has 0 aliphatic carbocycles. The summed E-state index contributed by atoms with van der Waals surface area (Å²) < 4.78 is 10.6. The zero-order valence-corrected chi connectivity index (χ0v) is 13.7. The van der Waals surface area contributed by atoms with Crippen LogP contribution in [0.3, 0.4) is 0 Å². The SMILES string of the molecule is CCOC(=O)C(C)(CCC(C)C)Nc1ccccc1OC. The van der Waals surface area contributed by atoms with Gasteiger partial charge in [0.15, 0.2) is 0 Å². The monoisotopic (exact) mass is 293 g/mol. The summed E-state index contributed by atoms with van der Waals surface area (Å²) in [5.74, 6) is 1.02. The molecule has 1 aromatic rings. The standard InChI is InChI=1S/C17H27NO3/c1-6-21-16(19)17(4,12-11-13(2)3)18-14-9-7-8-10-15(14)20-5/h7-10,13,18H,6,11-12H2,1-5H3. The van der Waals surface area contributed by atoms with Gasteiger partial charge in [-0.3, -0.25) is 0 Å². The number of anilines is 1. The van der Waals surface area contributed by atoms with Crippen LogP contribution in [0.25, 0.3) is 0 Å². The Bertz CT molecular complexity index is 459. The van der Waals surface area contributed by atoms with E-state index in [9.17, 15) is 4.79 Å². The summed E-state index contributed by atoms with van der Waals surface area (Å²) in [7, 11) is 1.62. The van der Waals surface area contributed by atoms with Gasteiger partial charge in [-0.25, -0.2) is 4.79 Å². The van der Waals surface area contributed by atoms with E-state index in [2.05, 4.69) is 19.2 Å². The van der Waals surface area contributed by atoms with Crippen molar-refractivity contribution in [2.24, 2.45) is 5.92 Å². The molecule has 0 saturated carbocycles. The van der Waals surface area contributed by atoms with E-state index in [0.717, 1.165) is 17.9 Å². The number of methoxy groups -OCH3 is 1. The fraction of sp³-hybridized carbons (Fsp3) is 0.588. The van der Waals surface area contributed by atoms with Crippen molar-refractivity contribution in [2.75, 3.05) is 19.0 Å². The highest BCUT2D eigenvalue weighted by molar-refractivity contribution is 5.84. The molecular weight excluding hydrogens is 266 g/mol. The predicted octanol–water partition coefficient (Wildman–Crippen LogP) is 3.87. The number of hydrogen-bond acceptors (Lipinski definition) is 4. The maximum absolute atomic E-state index is 12.4. The third-order valence-corrected chi connectivity index (χ3v) is 3.47. The normalized spacial score (nSPS) is 13.6. The van der Waals surface area contributed by atoms with Crippen LogP contribution >= 0.6 is 0 Å². The minimum Gasteiger partial charge on any atom is -0.495 e. The van der Waals surface area contributed by atoms with Crippen molar-refractivity contribution in [3.8, 4) is 5.75 Å². The first kappa shape index (κ1) is 17.3. The number of benzene rings is 1. The van der Waals surface area contributed by atoms with Crippen LogP contribution in [0.2, 0.25) is 0 Å². The van der Waals surface area contributed by atoms with Gasteiger partial charge >= 0.3 is 5.97 Å². The van der Waals surface area contributed by atoms with Crippen LogP contribution in [0, 0.1) is 5.92 Å². The average Bonchev–Trinajstić information content (AvgIpc) is 2.46. The Morgan fingerprint density at radius 1 is 1.33 bits per heavy atom. The number of para-hydroxylation sites is 2. The zero-order chi connectivity index (χ0) is 15.9. The highest BCUT2D eigenvalue weighted by Crippen LogP contribution is 2.30. The summed E-state index contributed by atoms with van der Waals surface area (Å²) in [4.78, 5) is 12.4. The quantitative estimate of drug-likeness (QED) is 0.739. The van der Waals surface area contributed by atoms with Gasteiger partial charge in [-0.05, 0) is 44.7 Å². The first-order valence-corrected chi connectivity index (χ1v) is 7.51. The van der Waals surface area contributed by atoms with Gasteiger partial charge in [0, 0.05) is 0 Å². The molecule has 1 unspecified atom stereocenters. The molecule has 1 rings (SSSR count). The topological polar surface area (TPSA) is 47.6 Å². The third kappa shape index (κ3) is 4.96. The van der Waals surface area contributed by atoms with Crippen molar-refractivity contribution in [3.63, 3.8) is 0 Å². The highest BCUT2D eigenvalue weighted by atomic mass is 16.5. The Balaban J connectivity index is 2.97. The summed E-state index contributed by atoms with van der Waals surface area (Å²) in [5.41, 5.74) is 0.0499. The number of carbonyl (C=O) groups excluding carboxylic acids is 1. The van der Waals surface area contributed by atoms with E-state index in [-0.39, 0.29) is 5.97 Å². The first-order valence-electron chi connectivity index (χ1n) is 7.51. The van der Waals surface area contributed by atoms with E-state index in [0.29, 0.717) is 18.9 Å². The van der Waals surface area contributed by atoms with Crippen LogP contribution in [0.1, 0.15) is 40.5 Å². The van der Waals surface area contributed by atoms with Gasteiger partial charge in [0.05, 0.1) is 19.4 Å². The fourth-order valence-corrected chi connectivity index (χ4v) is 2.13. The van der Waals surface area contributed by atoms with Crippen molar-refractivity contribution in [1.29, 1.82) is 0 Å². The van der Waals surface area contributed by atoms with Crippen LogP contribution in [0.5, 0.6) is 5.75 Å². The molecular formula is C17H27NO3. The molecule has 0 aliphatic rings. The second-order valence-electron chi connectivity index (χ2n) is 5.81. The van der Waals surface area contributed by atoms with Gasteiger partial charge in [-0.15, -0.1) is 0 Å². The molecule has 21 heavy (non-hydrogen) atoms. The number of nitrogens with one attached hydrogen (secondary N) is 1. The number of rotatable bonds is 8. The molecule has 0 spiro atoms. The molecule has 0 amide bonds. The van der Waals surface area contributed by atoms with Gasteiger partial charge < -0.3 is 14.8 Å². The minimum absolute atomic E-state index is 0.225. The molecule has 0 radical (unpaired) electrons. The van der Waals surface area contributed by atoms with Crippen LogP contribution in [0.4, 0.5) is 5.69 Å². The third-order valence-electron chi connectivity index (χ3n) is 3.47. The molecule has 0 fully saturated rings. The fourth-order valence-electron chi connectivity index (χ4n) is 2.13. The molecule has 4 heteroatoms. The molecule has 118 valence electrons. The molecule has 0 aromatic heterocycles. The zero-order valence-electron chi connectivity index (χ0n) is 13.7. The number of ether oxygens (including phenoxy) is 2. The summed E-state index contributed by atoms with van der Waals surface area (Å²) in [6, 6.07) is 7.60. The van der Waals surface area contributed by atoms with E-state index in [4.69, 9.17) is 9.47 Å². The molecule has 0 bridgehead atoms. The van der Waals surface area contributed by atoms with E-state index >= 15 is 0 Å². The molecule has 4 nitrogen and oxygen atoms in total. The Kier molecular flexibility index (Phi) is 6.53. The van der Waals surface area contributed by atoms with E-state index < -0.39 is 5.54 Å². The second kappa shape index (κ2) is 7.91. The summed E-state index contributed by atoms with van der Waals surface area (Å²) in [6.07, 6.45) is 1.65. The summed E-state index contributed by atoms with van der Waals surface area (Å²) in [5, 5.41) is 3.32. The minimum atomic E-state index is -0.755. The largest absolute Gasteiger partial charge is 0.495 e. The van der Waals surface area contributed by atoms with Crippen molar-refractivity contribution in [1.82, 2.24) is 0 Å². The lowest BCUT2D eigenvalue weighted by Gasteiger charge is -2.30. The molecule has 0 aliphatic heterocycles. The van der Waals surface area contributed by atoms with Crippen LogP contribution in [-0.2, 0) is 9.53 Å². The lowest BCUT2D eigenvalue weighted by Crippen LogP contribution is -2.45. The Morgan fingerprint density at radius 3 is 2.57 bits per heavy atom. The van der Waals surface area contributed by atoms with Gasteiger partial charge in [0.2, 0.25) is 0 Å². The second-order valence-corrected chi connectivity index (χ2v) is 5.81. The Labute approximate surface area is 127 Å². The highest BCUT2D eigenvalue weighted by Gasteiger charge is 2.35. The van der Waals surface area contributed by atoms with Gasteiger partial charge in [-0.1, -0.05) is 26.0 Å². The van der Waals surface area contributed by atoms with Gasteiger partial charge in [0.1, 0.15) is 11.3 Å². The number of carbonyl (C=O) groups is 1. The van der Waals surface area contributed by atoms with E-state index in [1.807, 2.05) is 38.1 Å². The molecule has 1 N–H and O–H groups in total. The Hall–Kier alpha value is -1.71. The van der Waals surface area contributed by atoms with E-state index in [1.165, 1.54) is 0 Å². The van der Waals surface area contributed by atoms with E-state index in [1.54, 1.807) is 7.11 Å². The van der Waals surface area contributed by atoms with Gasteiger partial charge in [-0.2, -0.15) is 0 Å². The van der Waals surface area contributed by atoms with Crippen molar-refractivity contribution in [2.45, 2.75) is 46.1 Å². The van der Waals surface area contributed by atoms with Crippen LogP contribution in [0.15, 0.2) is 24.3 Å². The lowest BCUT2D eigenvalue weighted by atomic mass is 9.91. The maximum Gasteiger partial charge on any atom is 0.331 e. The van der Waals surface area contributed by atoms with Crippen molar-refractivity contribution in [3.05, 3.63) is 24.3 Å². The molecule has 0 saturated heterocycles. The first-order chi connectivity index (χ1) is 9.92. The lowest BCUT2D eigenvalue weighted by molar-refractivity contribution is -0.148. The molecule has 0 heterocycles. The van der Waals surface area contributed by atoms with Crippen molar-refractivity contribution >= 4 is 11.7 Å². The van der Waals surface area contributed by atoms with Crippen LogP contribution in [-0.4, -0.2) is 25.2 Å². The summed E-state index contributed by atoms with van der Waals surface area (Å²) >= 11 is 0. The number of hydrogen-bond donors (Lipinski definition) is 1. The van der Waals surface area contributed by atoms with Crippen molar-refractivity contribution < 1.29 is 14.3 Å². The molecule has 1 aromatic carbocycles. The van der Waals surface area contributed by atoms with Gasteiger partial charge in [0.25, 0.3) is 0 Å². The maximum atomic E-state index is 12.4. The smallest absolute Gasteiger partial charge is 0.331 e. The number of esters is 1. The Morgan fingerprint density at radius 2 is 2.00 bits per heavy atom. The van der Waals surface area contributed by atoms with Crippen LogP contribution < -0.4 is 10.1 Å².